The highest BCUT2D eigenvalue weighted by atomic mass is 35.5. The summed E-state index contributed by atoms with van der Waals surface area (Å²) in [5.41, 5.74) is 10.3. The van der Waals surface area contributed by atoms with E-state index in [9.17, 15) is 0 Å². The Morgan fingerprint density at radius 3 is 2.35 bits per heavy atom. The SMILES string of the molecule is CCN(CC)C1=CC(Cl)C(=[N+]=[N-])C=C1Oc1ccc(Cl)cc1.Cl. The summed E-state index contributed by atoms with van der Waals surface area (Å²) in [6.45, 7) is 5.75. The van der Waals surface area contributed by atoms with E-state index in [1.807, 2.05) is 6.08 Å². The van der Waals surface area contributed by atoms with Crippen LogP contribution < -0.4 is 4.74 Å². The lowest BCUT2D eigenvalue weighted by molar-refractivity contribution is -0.00546. The van der Waals surface area contributed by atoms with Crippen molar-refractivity contribution in [2.45, 2.75) is 19.2 Å². The lowest BCUT2D eigenvalue weighted by atomic mass is 10.1. The molecule has 0 spiro atoms. The largest absolute Gasteiger partial charge is 0.455 e. The zero-order valence-electron chi connectivity index (χ0n) is 12.9. The molecule has 0 fully saturated rings. The van der Waals surface area contributed by atoms with Gasteiger partial charge in [-0.3, -0.25) is 0 Å². The van der Waals surface area contributed by atoms with Crippen molar-refractivity contribution in [2.24, 2.45) is 0 Å². The van der Waals surface area contributed by atoms with Crippen LogP contribution in [-0.2, 0) is 0 Å². The van der Waals surface area contributed by atoms with E-state index in [1.165, 1.54) is 0 Å². The van der Waals surface area contributed by atoms with Gasteiger partial charge in [0.15, 0.2) is 11.1 Å². The maximum atomic E-state index is 9.06. The number of alkyl halides is 1. The molecule has 1 aromatic carbocycles. The predicted octanol–water partition coefficient (Wildman–Crippen LogP) is 4.54. The number of nitrogens with zero attached hydrogens (tertiary/aromatic N) is 3. The van der Waals surface area contributed by atoms with Crippen molar-refractivity contribution in [3.63, 3.8) is 0 Å². The monoisotopic (exact) mass is 373 g/mol. The minimum absolute atomic E-state index is 0. The number of likely N-dealkylation sites (N-methyl/N-ethyl adjacent to an activating group) is 1. The molecule has 0 aromatic heterocycles. The molecule has 23 heavy (non-hydrogen) atoms. The predicted molar refractivity (Wildman–Crippen MR) is 96.7 cm³/mol. The summed E-state index contributed by atoms with van der Waals surface area (Å²) in [5.74, 6) is 1.25. The summed E-state index contributed by atoms with van der Waals surface area (Å²) >= 11 is 12.1. The quantitative estimate of drug-likeness (QED) is 0.431. The first-order chi connectivity index (χ1) is 10.6. The van der Waals surface area contributed by atoms with Crippen LogP contribution in [0.4, 0.5) is 0 Å². The maximum Gasteiger partial charge on any atom is 0.317 e. The van der Waals surface area contributed by atoms with E-state index >= 15 is 0 Å². The second-order valence-corrected chi connectivity index (χ2v) is 5.62. The van der Waals surface area contributed by atoms with Crippen LogP contribution in [0.3, 0.4) is 0 Å². The Kier molecular flexibility index (Phi) is 7.66. The summed E-state index contributed by atoms with van der Waals surface area (Å²) in [6, 6.07) is 7.08. The van der Waals surface area contributed by atoms with Crippen molar-refractivity contribution in [1.29, 1.82) is 0 Å². The lowest BCUT2D eigenvalue weighted by Crippen LogP contribution is -2.30. The van der Waals surface area contributed by atoms with E-state index in [4.69, 9.17) is 33.5 Å². The van der Waals surface area contributed by atoms with Crippen molar-refractivity contribution in [3.05, 3.63) is 58.4 Å². The van der Waals surface area contributed by atoms with E-state index in [2.05, 4.69) is 23.5 Å². The molecule has 0 N–H and O–H groups in total. The van der Waals surface area contributed by atoms with Crippen LogP contribution in [0.5, 0.6) is 5.75 Å². The molecule has 0 saturated heterocycles. The summed E-state index contributed by atoms with van der Waals surface area (Å²) in [5, 5.41) is 0.154. The van der Waals surface area contributed by atoms with Gasteiger partial charge in [0.1, 0.15) is 5.75 Å². The fourth-order valence-electron chi connectivity index (χ4n) is 2.21. The fraction of sp³-hybridized carbons (Fsp3) is 0.312. The lowest BCUT2D eigenvalue weighted by Gasteiger charge is -2.28. The molecule has 0 heterocycles. The normalized spacial score (nSPS) is 16.7. The minimum atomic E-state index is -0.488. The third kappa shape index (κ3) is 4.76. The highest BCUT2D eigenvalue weighted by Crippen LogP contribution is 2.27. The van der Waals surface area contributed by atoms with Gasteiger partial charge >= 0.3 is 5.71 Å². The molecule has 0 radical (unpaired) electrons. The average Bonchev–Trinajstić information content (AvgIpc) is 2.53. The van der Waals surface area contributed by atoms with Gasteiger partial charge in [-0.15, -0.1) is 24.0 Å². The third-order valence-electron chi connectivity index (χ3n) is 3.38. The molecule has 0 aliphatic heterocycles. The van der Waals surface area contributed by atoms with Crippen molar-refractivity contribution in [1.82, 2.24) is 4.90 Å². The van der Waals surface area contributed by atoms with Gasteiger partial charge in [0.05, 0.1) is 11.8 Å². The van der Waals surface area contributed by atoms with Crippen molar-refractivity contribution < 1.29 is 9.53 Å². The van der Waals surface area contributed by atoms with Gasteiger partial charge in [-0.05, 0) is 44.2 Å². The Labute approximate surface area is 152 Å². The van der Waals surface area contributed by atoms with Crippen LogP contribution in [0.15, 0.2) is 47.9 Å². The van der Waals surface area contributed by atoms with E-state index < -0.39 is 5.38 Å². The van der Waals surface area contributed by atoms with Crippen molar-refractivity contribution in [2.75, 3.05) is 13.1 Å². The van der Waals surface area contributed by atoms with Crippen LogP contribution in [0.1, 0.15) is 13.8 Å². The fourth-order valence-corrected chi connectivity index (χ4v) is 2.57. The molecule has 0 amide bonds. The van der Waals surface area contributed by atoms with Gasteiger partial charge < -0.3 is 15.2 Å². The molecule has 1 atom stereocenters. The van der Waals surface area contributed by atoms with E-state index in [0.29, 0.717) is 22.2 Å². The molecule has 1 aliphatic rings. The number of rotatable bonds is 5. The van der Waals surface area contributed by atoms with Crippen LogP contribution in [0.2, 0.25) is 5.02 Å². The first-order valence-corrected chi connectivity index (χ1v) is 7.88. The summed E-state index contributed by atoms with van der Waals surface area (Å²) in [7, 11) is 0. The minimum Gasteiger partial charge on any atom is -0.455 e. The van der Waals surface area contributed by atoms with Crippen molar-refractivity contribution >= 4 is 41.3 Å². The molecule has 1 unspecified atom stereocenters. The number of hydrogen-bond donors (Lipinski definition) is 0. The number of ether oxygens (including phenoxy) is 1. The zero-order valence-corrected chi connectivity index (χ0v) is 15.2. The summed E-state index contributed by atoms with van der Waals surface area (Å²) in [6.07, 6.45) is 3.48. The standard InChI is InChI=1S/C16H17Cl2N3O.ClH/c1-3-21(4-2)15-9-13(18)14(20-19)10-16(15)22-12-7-5-11(17)6-8-12;/h5-10,13H,3-4H2,1-2H3;1H. The number of halogens is 3. The highest BCUT2D eigenvalue weighted by molar-refractivity contribution is 6.35. The molecule has 4 nitrogen and oxygen atoms in total. The van der Waals surface area contributed by atoms with Crippen LogP contribution >= 0.6 is 35.6 Å². The molecular formula is C16H18Cl3N3O. The number of benzene rings is 1. The molecule has 0 bridgehead atoms. The average molecular weight is 375 g/mol. The third-order valence-corrected chi connectivity index (χ3v) is 3.98. The van der Waals surface area contributed by atoms with E-state index in [-0.39, 0.29) is 12.4 Å². The maximum absolute atomic E-state index is 9.06. The Hall–Kier alpha value is -1.45. The molecule has 1 aromatic rings. The van der Waals surface area contributed by atoms with Crippen LogP contribution in [-0.4, -0.2) is 33.9 Å². The smallest absolute Gasteiger partial charge is 0.317 e. The molecule has 2 rings (SSSR count). The van der Waals surface area contributed by atoms with E-state index in [0.717, 1.165) is 18.8 Å². The van der Waals surface area contributed by atoms with Crippen molar-refractivity contribution in [3.8, 4) is 5.75 Å². The zero-order chi connectivity index (χ0) is 16.1. The molecule has 1 aliphatic carbocycles. The Morgan fingerprint density at radius 1 is 1.22 bits per heavy atom. The molecule has 0 saturated carbocycles. The van der Waals surface area contributed by atoms with Crippen LogP contribution in [0, 0.1) is 0 Å². The van der Waals surface area contributed by atoms with Crippen LogP contribution in [0.25, 0.3) is 5.53 Å². The Bertz CT molecular complexity index is 645. The van der Waals surface area contributed by atoms with Gasteiger partial charge in [0.25, 0.3) is 0 Å². The first kappa shape index (κ1) is 19.6. The van der Waals surface area contributed by atoms with Gasteiger partial charge in [0, 0.05) is 18.1 Å². The summed E-state index contributed by atoms with van der Waals surface area (Å²) < 4.78 is 5.93. The van der Waals surface area contributed by atoms with Gasteiger partial charge in [-0.25, -0.2) is 0 Å². The Balaban J connectivity index is 0.00000264. The Morgan fingerprint density at radius 2 is 1.83 bits per heavy atom. The molecular weight excluding hydrogens is 357 g/mol. The second kappa shape index (κ2) is 8.99. The molecule has 124 valence electrons. The van der Waals surface area contributed by atoms with Gasteiger partial charge in [-0.1, -0.05) is 11.6 Å². The van der Waals surface area contributed by atoms with Gasteiger partial charge in [-0.2, -0.15) is 4.79 Å². The van der Waals surface area contributed by atoms with Gasteiger partial charge in [0.2, 0.25) is 0 Å². The number of allylic oxidation sites excluding steroid dienone is 2. The molecule has 7 heteroatoms. The topological polar surface area (TPSA) is 48.9 Å². The number of hydrogen-bond acceptors (Lipinski definition) is 2. The second-order valence-electron chi connectivity index (χ2n) is 4.72. The summed E-state index contributed by atoms with van der Waals surface area (Å²) in [4.78, 5) is 5.35. The highest BCUT2D eigenvalue weighted by Gasteiger charge is 2.28. The first-order valence-electron chi connectivity index (χ1n) is 7.07. The van der Waals surface area contributed by atoms with E-state index in [1.54, 1.807) is 30.3 Å².